The minimum absolute atomic E-state index is 0.266. The van der Waals surface area contributed by atoms with E-state index in [2.05, 4.69) is 15.3 Å². The molecule has 0 atom stereocenters. The molecular weight excluding hydrogens is 201 g/mol. The number of halogens is 1. The van der Waals surface area contributed by atoms with E-state index in [-0.39, 0.29) is 11.6 Å². The topological polar surface area (TPSA) is 37.8 Å². The van der Waals surface area contributed by atoms with Gasteiger partial charge in [0.1, 0.15) is 5.01 Å². The molecule has 0 aliphatic rings. The third kappa shape index (κ3) is 2.05. The number of pyridine rings is 1. The van der Waals surface area contributed by atoms with Crippen LogP contribution < -0.4 is 5.32 Å². The van der Waals surface area contributed by atoms with E-state index in [0.717, 1.165) is 5.01 Å². The SMILES string of the molecule is Fc1cccnc1NCc1nccs1. The first-order valence-corrected chi connectivity index (χ1v) is 4.97. The van der Waals surface area contributed by atoms with Crippen LogP contribution in [-0.2, 0) is 6.54 Å². The maximum atomic E-state index is 13.1. The lowest BCUT2D eigenvalue weighted by Gasteiger charge is -2.02. The Morgan fingerprint density at radius 2 is 2.29 bits per heavy atom. The minimum atomic E-state index is -0.343. The third-order valence-corrected chi connectivity index (χ3v) is 2.43. The van der Waals surface area contributed by atoms with Gasteiger partial charge in [0.15, 0.2) is 11.6 Å². The Kier molecular flexibility index (Phi) is 2.69. The molecule has 1 N–H and O–H groups in total. The van der Waals surface area contributed by atoms with Crippen LogP contribution in [-0.4, -0.2) is 9.97 Å². The predicted octanol–water partition coefficient (Wildman–Crippen LogP) is 2.29. The number of anilines is 1. The lowest BCUT2D eigenvalue weighted by molar-refractivity contribution is 0.624. The van der Waals surface area contributed by atoms with E-state index in [4.69, 9.17) is 0 Å². The first kappa shape index (κ1) is 9.08. The van der Waals surface area contributed by atoms with E-state index in [9.17, 15) is 4.39 Å². The van der Waals surface area contributed by atoms with Gasteiger partial charge in [0, 0.05) is 17.8 Å². The molecule has 0 amide bonds. The monoisotopic (exact) mass is 209 g/mol. The van der Waals surface area contributed by atoms with Gasteiger partial charge in [-0.3, -0.25) is 0 Å². The number of nitrogens with one attached hydrogen (secondary N) is 1. The Hall–Kier alpha value is -1.49. The summed E-state index contributed by atoms with van der Waals surface area (Å²) >= 11 is 1.52. The Bertz CT molecular complexity index is 402. The number of nitrogens with zero attached hydrogens (tertiary/aromatic N) is 2. The summed E-state index contributed by atoms with van der Waals surface area (Å²) in [7, 11) is 0. The fourth-order valence-electron chi connectivity index (χ4n) is 1.02. The van der Waals surface area contributed by atoms with Crippen molar-refractivity contribution in [3.8, 4) is 0 Å². The van der Waals surface area contributed by atoms with E-state index in [0.29, 0.717) is 6.54 Å². The molecule has 0 radical (unpaired) electrons. The molecule has 72 valence electrons. The van der Waals surface area contributed by atoms with Crippen molar-refractivity contribution in [2.75, 3.05) is 5.32 Å². The summed E-state index contributed by atoms with van der Waals surface area (Å²) in [6, 6.07) is 2.93. The van der Waals surface area contributed by atoms with E-state index >= 15 is 0 Å². The maximum absolute atomic E-state index is 13.1. The third-order valence-electron chi connectivity index (χ3n) is 1.65. The zero-order chi connectivity index (χ0) is 9.80. The van der Waals surface area contributed by atoms with Gasteiger partial charge in [0.05, 0.1) is 6.54 Å². The lowest BCUT2D eigenvalue weighted by atomic mass is 10.4. The molecule has 2 rings (SSSR count). The minimum Gasteiger partial charge on any atom is -0.361 e. The average Bonchev–Trinajstić information content (AvgIpc) is 2.69. The quantitative estimate of drug-likeness (QED) is 0.842. The summed E-state index contributed by atoms with van der Waals surface area (Å²) in [6.45, 7) is 0.506. The van der Waals surface area contributed by atoms with Crippen LogP contribution in [0.4, 0.5) is 10.2 Å². The van der Waals surface area contributed by atoms with Crippen molar-refractivity contribution in [1.82, 2.24) is 9.97 Å². The number of hydrogen-bond donors (Lipinski definition) is 1. The van der Waals surface area contributed by atoms with Crippen LogP contribution in [0.5, 0.6) is 0 Å². The molecule has 0 aliphatic heterocycles. The van der Waals surface area contributed by atoms with Crippen LogP contribution >= 0.6 is 11.3 Å². The van der Waals surface area contributed by atoms with Crippen molar-refractivity contribution in [2.45, 2.75) is 6.54 Å². The van der Waals surface area contributed by atoms with Crippen molar-refractivity contribution in [3.63, 3.8) is 0 Å². The molecule has 2 aromatic rings. The fraction of sp³-hybridized carbons (Fsp3) is 0.111. The van der Waals surface area contributed by atoms with Gasteiger partial charge in [-0.25, -0.2) is 14.4 Å². The van der Waals surface area contributed by atoms with Crippen LogP contribution in [0.15, 0.2) is 29.9 Å². The molecule has 0 spiro atoms. The summed E-state index contributed by atoms with van der Waals surface area (Å²) < 4.78 is 13.1. The van der Waals surface area contributed by atoms with Gasteiger partial charge in [0.2, 0.25) is 0 Å². The van der Waals surface area contributed by atoms with Crippen molar-refractivity contribution in [3.05, 3.63) is 40.7 Å². The van der Waals surface area contributed by atoms with E-state index < -0.39 is 0 Å². The van der Waals surface area contributed by atoms with Crippen molar-refractivity contribution in [2.24, 2.45) is 0 Å². The number of aromatic nitrogens is 2. The normalized spacial score (nSPS) is 10.1. The summed E-state index contributed by atoms with van der Waals surface area (Å²) in [5.74, 6) is -0.0771. The van der Waals surface area contributed by atoms with E-state index in [1.807, 2.05) is 5.38 Å². The summed E-state index contributed by atoms with van der Waals surface area (Å²) in [5.41, 5.74) is 0. The van der Waals surface area contributed by atoms with Crippen LogP contribution in [0.2, 0.25) is 0 Å². The molecule has 0 fully saturated rings. The Morgan fingerprint density at radius 3 is 3.00 bits per heavy atom. The molecule has 0 aliphatic carbocycles. The highest BCUT2D eigenvalue weighted by Gasteiger charge is 2.01. The Balaban J connectivity index is 2.02. The second-order valence-electron chi connectivity index (χ2n) is 2.61. The van der Waals surface area contributed by atoms with E-state index in [1.165, 1.54) is 17.4 Å². The molecule has 0 bridgehead atoms. The molecular formula is C9H8FN3S. The lowest BCUT2D eigenvalue weighted by Crippen LogP contribution is -2.02. The fourth-order valence-corrected chi connectivity index (χ4v) is 1.57. The van der Waals surface area contributed by atoms with Gasteiger partial charge in [-0.15, -0.1) is 11.3 Å². The van der Waals surface area contributed by atoms with Crippen LogP contribution in [0, 0.1) is 5.82 Å². The van der Waals surface area contributed by atoms with Crippen LogP contribution in [0.3, 0.4) is 0 Å². The van der Waals surface area contributed by atoms with Crippen LogP contribution in [0.25, 0.3) is 0 Å². The second-order valence-corrected chi connectivity index (χ2v) is 3.59. The van der Waals surface area contributed by atoms with Gasteiger partial charge in [0.25, 0.3) is 0 Å². The summed E-state index contributed by atoms with van der Waals surface area (Å²) in [5, 5.41) is 5.67. The molecule has 0 aromatic carbocycles. The smallest absolute Gasteiger partial charge is 0.165 e. The van der Waals surface area contributed by atoms with Crippen molar-refractivity contribution >= 4 is 17.2 Å². The van der Waals surface area contributed by atoms with Gasteiger partial charge in [-0.2, -0.15) is 0 Å². The molecule has 0 saturated carbocycles. The zero-order valence-corrected chi connectivity index (χ0v) is 8.09. The highest BCUT2D eigenvalue weighted by atomic mass is 32.1. The first-order chi connectivity index (χ1) is 6.86. The molecule has 5 heteroatoms. The van der Waals surface area contributed by atoms with Gasteiger partial charge in [-0.1, -0.05) is 0 Å². The summed E-state index contributed by atoms with van der Waals surface area (Å²) in [6.07, 6.45) is 3.27. The molecule has 0 saturated heterocycles. The number of thiazole rings is 1. The zero-order valence-electron chi connectivity index (χ0n) is 7.27. The molecule has 2 aromatic heterocycles. The largest absolute Gasteiger partial charge is 0.361 e. The van der Waals surface area contributed by atoms with Gasteiger partial charge >= 0.3 is 0 Å². The number of hydrogen-bond acceptors (Lipinski definition) is 4. The van der Waals surface area contributed by atoms with Crippen molar-refractivity contribution < 1.29 is 4.39 Å². The Labute approximate surface area is 84.6 Å². The highest BCUT2D eigenvalue weighted by Crippen LogP contribution is 2.11. The number of rotatable bonds is 3. The Morgan fingerprint density at radius 1 is 1.36 bits per heavy atom. The maximum Gasteiger partial charge on any atom is 0.165 e. The standard InChI is InChI=1S/C9H8FN3S/c10-7-2-1-3-12-9(7)13-6-8-11-4-5-14-8/h1-5H,6H2,(H,12,13). The van der Waals surface area contributed by atoms with Gasteiger partial charge in [-0.05, 0) is 12.1 Å². The first-order valence-electron chi connectivity index (χ1n) is 4.09. The second kappa shape index (κ2) is 4.15. The van der Waals surface area contributed by atoms with Gasteiger partial charge < -0.3 is 5.32 Å². The van der Waals surface area contributed by atoms with Crippen LogP contribution in [0.1, 0.15) is 5.01 Å². The molecule has 3 nitrogen and oxygen atoms in total. The van der Waals surface area contributed by atoms with Crippen molar-refractivity contribution in [1.29, 1.82) is 0 Å². The average molecular weight is 209 g/mol. The summed E-state index contributed by atoms with van der Waals surface area (Å²) in [4.78, 5) is 7.94. The molecule has 14 heavy (non-hydrogen) atoms. The van der Waals surface area contributed by atoms with E-state index in [1.54, 1.807) is 18.5 Å². The molecule has 0 unspecified atom stereocenters. The molecule has 2 heterocycles. The highest BCUT2D eigenvalue weighted by molar-refractivity contribution is 7.09. The predicted molar refractivity (Wildman–Crippen MR) is 53.6 cm³/mol.